The minimum Gasteiger partial charge on any atom is -0.496 e. The number of hydrogen-bond acceptors (Lipinski definition) is 9. The van der Waals surface area contributed by atoms with Crippen LogP contribution in [0.5, 0.6) is 5.75 Å². The predicted octanol–water partition coefficient (Wildman–Crippen LogP) is 7.39. The van der Waals surface area contributed by atoms with Gasteiger partial charge in [0.2, 0.25) is 11.5 Å². The van der Waals surface area contributed by atoms with E-state index in [4.69, 9.17) is 13.9 Å². The Bertz CT molecular complexity index is 1360. The van der Waals surface area contributed by atoms with Gasteiger partial charge in [0.25, 0.3) is 0 Å². The van der Waals surface area contributed by atoms with Crippen LogP contribution in [0.3, 0.4) is 0 Å². The van der Waals surface area contributed by atoms with Crippen molar-refractivity contribution in [3.8, 4) is 5.75 Å². The van der Waals surface area contributed by atoms with E-state index in [1.807, 2.05) is 48.1 Å². The van der Waals surface area contributed by atoms with Crippen LogP contribution in [-0.2, 0) is 31.0 Å². The van der Waals surface area contributed by atoms with Gasteiger partial charge in [-0.15, -0.1) is 22.7 Å². The minimum absolute atomic E-state index is 0.0572. The third kappa shape index (κ3) is 8.63. The number of ether oxygens (including phenoxy) is 2. The van der Waals surface area contributed by atoms with E-state index in [0.29, 0.717) is 59.6 Å². The van der Waals surface area contributed by atoms with Crippen molar-refractivity contribution in [1.82, 2.24) is 4.90 Å². The van der Waals surface area contributed by atoms with Crippen molar-refractivity contribution in [2.24, 2.45) is 0 Å². The maximum atomic E-state index is 13.3. The van der Waals surface area contributed by atoms with Crippen molar-refractivity contribution in [1.29, 1.82) is 0 Å². The molecular formula is C34H48N2O6S2Si. The lowest BCUT2D eigenvalue weighted by Crippen LogP contribution is -2.42. The SMILES string of the molecule is COc1cc(NC(=O)CCN(C)C2CCC(OC(=O)C(O)(c3cccs3)c3cccs3)CC2)ccc1CO[Si](C)(C)C(C)(C)C. The maximum Gasteiger partial charge on any atom is 0.349 e. The molecule has 1 aliphatic carbocycles. The minimum atomic E-state index is -1.90. The van der Waals surface area contributed by atoms with Crippen molar-refractivity contribution >= 4 is 48.6 Å². The van der Waals surface area contributed by atoms with E-state index < -0.39 is 19.9 Å². The van der Waals surface area contributed by atoms with Crippen LogP contribution in [0.1, 0.15) is 68.2 Å². The molecule has 1 amide bonds. The topological polar surface area (TPSA) is 97.3 Å². The van der Waals surface area contributed by atoms with E-state index in [1.54, 1.807) is 19.2 Å². The Labute approximate surface area is 276 Å². The number of esters is 1. The average Bonchev–Trinajstić information content (AvgIpc) is 3.74. The highest BCUT2D eigenvalue weighted by molar-refractivity contribution is 7.12. The Balaban J connectivity index is 1.23. The molecular weight excluding hydrogens is 625 g/mol. The summed E-state index contributed by atoms with van der Waals surface area (Å²) in [6, 6.07) is 13.2. The van der Waals surface area contributed by atoms with Crippen molar-refractivity contribution < 1.29 is 28.6 Å². The van der Waals surface area contributed by atoms with E-state index in [1.165, 1.54) is 22.7 Å². The molecule has 0 saturated heterocycles. The zero-order chi connectivity index (χ0) is 32.8. The number of amides is 1. The lowest BCUT2D eigenvalue weighted by molar-refractivity contribution is -0.169. The van der Waals surface area contributed by atoms with Gasteiger partial charge in [-0.1, -0.05) is 39.0 Å². The van der Waals surface area contributed by atoms with Crippen LogP contribution in [0.15, 0.2) is 53.2 Å². The largest absolute Gasteiger partial charge is 0.496 e. The first kappa shape index (κ1) is 35.3. The van der Waals surface area contributed by atoms with E-state index in [-0.39, 0.29) is 17.0 Å². The van der Waals surface area contributed by atoms with E-state index in [2.05, 4.69) is 44.1 Å². The molecule has 4 rings (SSSR count). The first-order valence-electron chi connectivity index (χ1n) is 15.6. The van der Waals surface area contributed by atoms with Gasteiger partial charge in [0.1, 0.15) is 11.9 Å². The van der Waals surface area contributed by atoms with E-state index >= 15 is 0 Å². The second-order valence-electron chi connectivity index (χ2n) is 13.4. The first-order chi connectivity index (χ1) is 21.2. The van der Waals surface area contributed by atoms with Crippen molar-refractivity contribution in [3.05, 3.63) is 68.5 Å². The highest BCUT2D eigenvalue weighted by atomic mass is 32.1. The molecule has 1 saturated carbocycles. The summed E-state index contributed by atoms with van der Waals surface area (Å²) >= 11 is 2.69. The number of thiophene rings is 2. The maximum absolute atomic E-state index is 13.3. The fraction of sp³-hybridized carbons (Fsp3) is 0.529. The number of hydrogen-bond donors (Lipinski definition) is 2. The smallest absolute Gasteiger partial charge is 0.349 e. The summed E-state index contributed by atoms with van der Waals surface area (Å²) in [5.41, 5.74) is -0.126. The molecule has 1 aliphatic rings. The van der Waals surface area contributed by atoms with E-state index in [0.717, 1.165) is 18.4 Å². The number of carbonyl (C=O) groups excluding carboxylic acids is 2. The summed E-state index contributed by atoms with van der Waals surface area (Å²) in [5, 5.41) is 18.3. The van der Waals surface area contributed by atoms with E-state index in [9.17, 15) is 14.7 Å². The molecule has 8 nitrogen and oxygen atoms in total. The molecule has 0 atom stereocenters. The summed E-state index contributed by atoms with van der Waals surface area (Å²) < 4.78 is 17.9. The third-order valence-corrected chi connectivity index (χ3v) is 15.7. The Kier molecular flexibility index (Phi) is 11.7. The molecule has 0 radical (unpaired) electrons. The summed E-state index contributed by atoms with van der Waals surface area (Å²) in [7, 11) is 1.77. The number of benzene rings is 1. The van der Waals surface area contributed by atoms with Gasteiger partial charge in [-0.25, -0.2) is 4.79 Å². The van der Waals surface area contributed by atoms with Crippen LogP contribution in [-0.4, -0.2) is 63.0 Å². The van der Waals surface area contributed by atoms with Crippen LogP contribution in [0, 0.1) is 0 Å². The summed E-state index contributed by atoms with van der Waals surface area (Å²) in [6.07, 6.45) is 3.23. The zero-order valence-electron chi connectivity index (χ0n) is 27.6. The standard InChI is InChI=1S/C34H48N2O6S2Si/c1-33(2,3)45(6,7)41-23-24-12-13-25(22-28(24)40-5)35-31(37)18-19-36(4)26-14-16-27(17-15-26)42-32(38)34(39,29-10-8-20-43-29)30-11-9-21-44-30/h8-13,20-22,26-27,39H,14-19,23H2,1-7H3,(H,35,37). The van der Waals surface area contributed by atoms with Gasteiger partial charge in [0.05, 0.1) is 23.5 Å². The molecule has 246 valence electrons. The molecule has 1 fully saturated rings. The second kappa shape index (κ2) is 14.9. The molecule has 3 aromatic rings. The Hall–Kier alpha value is -2.54. The molecule has 0 unspecified atom stereocenters. The monoisotopic (exact) mass is 672 g/mol. The van der Waals surface area contributed by atoms with Crippen molar-refractivity contribution in [2.75, 3.05) is 26.0 Å². The number of methoxy groups -OCH3 is 1. The molecule has 11 heteroatoms. The van der Waals surface area contributed by atoms with Crippen LogP contribution >= 0.6 is 22.7 Å². The second-order valence-corrected chi connectivity index (χ2v) is 20.1. The average molecular weight is 673 g/mol. The first-order valence-corrected chi connectivity index (χ1v) is 20.2. The fourth-order valence-corrected chi connectivity index (χ4v) is 7.90. The molecule has 1 aromatic carbocycles. The van der Waals surface area contributed by atoms with Gasteiger partial charge in [-0.3, -0.25) is 4.79 Å². The lowest BCUT2D eigenvalue weighted by atomic mass is 9.91. The lowest BCUT2D eigenvalue weighted by Gasteiger charge is -2.36. The third-order valence-electron chi connectivity index (χ3n) is 9.25. The van der Waals surface area contributed by atoms with Crippen molar-refractivity contribution in [3.63, 3.8) is 0 Å². The number of carbonyl (C=O) groups is 2. The van der Waals surface area contributed by atoms with Gasteiger partial charge in [0, 0.05) is 36.3 Å². The number of anilines is 1. The van der Waals surface area contributed by atoms with Crippen LogP contribution in [0.4, 0.5) is 5.69 Å². The van der Waals surface area contributed by atoms with Crippen molar-refractivity contribution in [2.45, 2.75) is 95.4 Å². The Morgan fingerprint density at radius 2 is 1.64 bits per heavy atom. The van der Waals surface area contributed by atoms with Gasteiger partial charge < -0.3 is 29.2 Å². The predicted molar refractivity (Wildman–Crippen MR) is 185 cm³/mol. The van der Waals surface area contributed by atoms with Gasteiger partial charge in [0.15, 0.2) is 8.32 Å². The highest BCUT2D eigenvalue weighted by Gasteiger charge is 2.45. The summed E-state index contributed by atoms with van der Waals surface area (Å²) in [6.45, 7) is 12.2. The zero-order valence-corrected chi connectivity index (χ0v) is 30.2. The number of rotatable bonds is 13. The summed E-state index contributed by atoms with van der Waals surface area (Å²) in [4.78, 5) is 29.5. The molecule has 2 aromatic heterocycles. The highest BCUT2D eigenvalue weighted by Crippen LogP contribution is 2.39. The van der Waals surface area contributed by atoms with Gasteiger partial charge in [-0.05, 0) is 79.8 Å². The summed E-state index contributed by atoms with van der Waals surface area (Å²) in [5.74, 6) is 0.0252. The van der Waals surface area contributed by atoms with Gasteiger partial charge in [-0.2, -0.15) is 0 Å². The normalized spacial score (nSPS) is 17.7. The molecule has 0 bridgehead atoms. The van der Waals surface area contributed by atoms with Crippen LogP contribution in [0.2, 0.25) is 18.1 Å². The Morgan fingerprint density at radius 1 is 1.02 bits per heavy atom. The Morgan fingerprint density at radius 3 is 2.18 bits per heavy atom. The van der Waals surface area contributed by atoms with Crippen LogP contribution < -0.4 is 10.1 Å². The van der Waals surface area contributed by atoms with Gasteiger partial charge >= 0.3 is 5.97 Å². The number of nitrogens with one attached hydrogen (secondary N) is 1. The molecule has 45 heavy (non-hydrogen) atoms. The van der Waals surface area contributed by atoms with Crippen LogP contribution in [0.25, 0.3) is 0 Å². The molecule has 2 N–H and O–H groups in total. The molecule has 0 aliphatic heterocycles. The quantitative estimate of drug-likeness (QED) is 0.144. The number of nitrogens with zero attached hydrogens (tertiary/aromatic N) is 1. The fourth-order valence-electron chi connectivity index (χ4n) is 5.23. The molecule has 0 spiro atoms. The molecule has 2 heterocycles. The number of aliphatic hydroxyl groups is 1.